The lowest BCUT2D eigenvalue weighted by Crippen LogP contribution is -2.22. The summed E-state index contributed by atoms with van der Waals surface area (Å²) in [7, 11) is 0. The fraction of sp³-hybridized carbons (Fsp3) is 0.286. The minimum absolute atomic E-state index is 0.0803. The monoisotopic (exact) mass is 310 g/mol. The van der Waals surface area contributed by atoms with Crippen LogP contribution in [0.1, 0.15) is 18.4 Å². The zero-order chi connectivity index (χ0) is 14.5. The van der Waals surface area contributed by atoms with Crippen molar-refractivity contribution in [3.63, 3.8) is 0 Å². The number of aryl methyl sites for hydroxylation is 1. The number of hydrogen-bond acceptors (Lipinski definition) is 4. The van der Waals surface area contributed by atoms with Crippen LogP contribution in [0.15, 0.2) is 34.9 Å². The molecule has 0 saturated carbocycles. The molecule has 1 aromatic carbocycles. The SMILES string of the molecule is Cc1cc(CSC(C)C(=O)Nc2ccccc2Cl)no1. The molecule has 1 aromatic heterocycles. The van der Waals surface area contributed by atoms with Crippen LogP contribution in [-0.4, -0.2) is 16.3 Å². The summed E-state index contributed by atoms with van der Waals surface area (Å²) in [6.07, 6.45) is 0. The number of para-hydroxylation sites is 1. The quantitative estimate of drug-likeness (QED) is 0.910. The molecule has 0 radical (unpaired) electrons. The van der Waals surface area contributed by atoms with Crippen molar-refractivity contribution in [1.82, 2.24) is 5.16 Å². The molecule has 2 rings (SSSR count). The lowest BCUT2D eigenvalue weighted by molar-refractivity contribution is -0.115. The summed E-state index contributed by atoms with van der Waals surface area (Å²) in [6, 6.07) is 9.04. The average Bonchev–Trinajstić information content (AvgIpc) is 2.84. The third-order valence-electron chi connectivity index (χ3n) is 2.66. The number of amides is 1. The van der Waals surface area contributed by atoms with Crippen LogP contribution >= 0.6 is 23.4 Å². The molecule has 0 spiro atoms. The molecule has 1 amide bonds. The Balaban J connectivity index is 1.87. The molecule has 4 nitrogen and oxygen atoms in total. The Morgan fingerprint density at radius 1 is 1.50 bits per heavy atom. The van der Waals surface area contributed by atoms with Crippen LogP contribution in [0.4, 0.5) is 5.69 Å². The number of rotatable bonds is 5. The highest BCUT2D eigenvalue weighted by atomic mass is 35.5. The Labute approximate surface area is 126 Å². The normalized spacial score (nSPS) is 12.2. The van der Waals surface area contributed by atoms with Crippen molar-refractivity contribution in [3.8, 4) is 0 Å². The molecular formula is C14H15ClN2O2S. The maximum Gasteiger partial charge on any atom is 0.237 e. The van der Waals surface area contributed by atoms with Crippen molar-refractivity contribution in [2.24, 2.45) is 0 Å². The number of benzene rings is 1. The highest BCUT2D eigenvalue weighted by Crippen LogP contribution is 2.23. The summed E-state index contributed by atoms with van der Waals surface area (Å²) in [5.41, 5.74) is 1.47. The molecule has 6 heteroatoms. The summed E-state index contributed by atoms with van der Waals surface area (Å²) in [4.78, 5) is 12.1. The van der Waals surface area contributed by atoms with Gasteiger partial charge in [0.25, 0.3) is 0 Å². The second-order valence-corrected chi connectivity index (χ2v) is 6.09. The topological polar surface area (TPSA) is 55.1 Å². The summed E-state index contributed by atoms with van der Waals surface area (Å²) in [6.45, 7) is 3.69. The molecule has 0 fully saturated rings. The molecule has 1 atom stereocenters. The van der Waals surface area contributed by atoms with E-state index in [1.165, 1.54) is 11.8 Å². The number of carbonyl (C=O) groups is 1. The minimum atomic E-state index is -0.205. The molecule has 1 unspecified atom stereocenters. The number of carbonyl (C=O) groups excluding carboxylic acids is 1. The van der Waals surface area contributed by atoms with Gasteiger partial charge in [-0.2, -0.15) is 0 Å². The molecule has 1 N–H and O–H groups in total. The number of nitrogens with one attached hydrogen (secondary N) is 1. The molecule has 0 aliphatic rings. The van der Waals surface area contributed by atoms with Gasteiger partial charge in [0.1, 0.15) is 5.76 Å². The molecule has 0 bridgehead atoms. The lowest BCUT2D eigenvalue weighted by atomic mass is 10.3. The van der Waals surface area contributed by atoms with Crippen LogP contribution in [0.2, 0.25) is 5.02 Å². The van der Waals surface area contributed by atoms with Crippen molar-refractivity contribution >= 4 is 35.0 Å². The Morgan fingerprint density at radius 2 is 2.25 bits per heavy atom. The Kier molecular flexibility index (Phi) is 5.09. The van der Waals surface area contributed by atoms with Gasteiger partial charge in [-0.25, -0.2) is 0 Å². The first-order valence-electron chi connectivity index (χ1n) is 6.15. The third-order valence-corrected chi connectivity index (χ3v) is 4.17. The van der Waals surface area contributed by atoms with Gasteiger partial charge in [-0.15, -0.1) is 11.8 Å². The summed E-state index contributed by atoms with van der Waals surface area (Å²) >= 11 is 7.50. The second kappa shape index (κ2) is 6.81. The molecule has 106 valence electrons. The smallest absolute Gasteiger partial charge is 0.237 e. The van der Waals surface area contributed by atoms with Gasteiger partial charge in [-0.3, -0.25) is 4.79 Å². The zero-order valence-electron chi connectivity index (χ0n) is 11.2. The molecule has 1 heterocycles. The van der Waals surface area contributed by atoms with Crippen molar-refractivity contribution in [3.05, 3.63) is 46.8 Å². The van der Waals surface area contributed by atoms with Gasteiger partial charge in [0, 0.05) is 11.8 Å². The number of anilines is 1. The van der Waals surface area contributed by atoms with Crippen molar-refractivity contribution in [1.29, 1.82) is 0 Å². The van der Waals surface area contributed by atoms with Crippen LogP contribution in [0.3, 0.4) is 0 Å². The van der Waals surface area contributed by atoms with Crippen LogP contribution in [0.5, 0.6) is 0 Å². The van der Waals surface area contributed by atoms with Gasteiger partial charge in [0.2, 0.25) is 5.91 Å². The Morgan fingerprint density at radius 3 is 2.90 bits per heavy atom. The number of thioether (sulfide) groups is 1. The van der Waals surface area contributed by atoms with Crippen molar-refractivity contribution in [2.45, 2.75) is 24.9 Å². The van der Waals surface area contributed by atoms with E-state index >= 15 is 0 Å². The van der Waals surface area contributed by atoms with E-state index in [4.69, 9.17) is 16.1 Å². The summed E-state index contributed by atoms with van der Waals surface area (Å²) < 4.78 is 4.99. The van der Waals surface area contributed by atoms with Crippen LogP contribution in [0.25, 0.3) is 0 Å². The second-order valence-electron chi connectivity index (χ2n) is 4.35. The number of aromatic nitrogens is 1. The van der Waals surface area contributed by atoms with E-state index < -0.39 is 0 Å². The lowest BCUT2D eigenvalue weighted by Gasteiger charge is -2.12. The summed E-state index contributed by atoms with van der Waals surface area (Å²) in [5.74, 6) is 1.33. The third kappa shape index (κ3) is 4.02. The van der Waals surface area contributed by atoms with Crippen molar-refractivity contribution in [2.75, 3.05) is 5.32 Å². The molecule has 2 aromatic rings. The van der Waals surface area contributed by atoms with Gasteiger partial charge >= 0.3 is 0 Å². The van der Waals surface area contributed by atoms with Crippen LogP contribution < -0.4 is 5.32 Å². The van der Waals surface area contributed by atoms with E-state index in [2.05, 4.69) is 10.5 Å². The first kappa shape index (κ1) is 14.9. The van der Waals surface area contributed by atoms with E-state index in [0.717, 1.165) is 11.5 Å². The predicted molar refractivity (Wildman–Crippen MR) is 82.1 cm³/mol. The maximum atomic E-state index is 12.1. The largest absolute Gasteiger partial charge is 0.361 e. The first-order chi connectivity index (χ1) is 9.56. The fourth-order valence-corrected chi connectivity index (χ4v) is 2.52. The van der Waals surface area contributed by atoms with E-state index in [9.17, 15) is 4.79 Å². The summed E-state index contributed by atoms with van der Waals surface area (Å²) in [5, 5.41) is 7.04. The Hall–Kier alpha value is -1.46. The Bertz CT molecular complexity index is 600. The maximum absolute atomic E-state index is 12.1. The highest BCUT2D eigenvalue weighted by molar-refractivity contribution is 7.99. The van der Waals surface area contributed by atoms with Gasteiger partial charge in [-0.05, 0) is 26.0 Å². The van der Waals surface area contributed by atoms with E-state index in [0.29, 0.717) is 16.5 Å². The first-order valence-corrected chi connectivity index (χ1v) is 7.58. The molecular weight excluding hydrogens is 296 g/mol. The van der Waals surface area contributed by atoms with Gasteiger partial charge in [0.05, 0.1) is 21.7 Å². The molecule has 0 aliphatic carbocycles. The van der Waals surface area contributed by atoms with Crippen molar-refractivity contribution < 1.29 is 9.32 Å². The van der Waals surface area contributed by atoms with E-state index in [-0.39, 0.29) is 11.2 Å². The fourth-order valence-electron chi connectivity index (χ4n) is 1.57. The minimum Gasteiger partial charge on any atom is -0.361 e. The number of halogens is 1. The van der Waals surface area contributed by atoms with E-state index in [1.807, 2.05) is 32.0 Å². The molecule has 20 heavy (non-hydrogen) atoms. The predicted octanol–water partition coefficient (Wildman–Crippen LogP) is 3.90. The molecule has 0 saturated heterocycles. The number of nitrogens with zero attached hydrogens (tertiary/aromatic N) is 1. The standard InChI is InChI=1S/C14H15ClN2O2S/c1-9-7-11(17-19-9)8-20-10(2)14(18)16-13-6-4-3-5-12(13)15/h3-7,10H,8H2,1-2H3,(H,16,18). The van der Waals surface area contributed by atoms with Gasteiger partial charge in [0.15, 0.2) is 0 Å². The van der Waals surface area contributed by atoms with Crippen LogP contribution in [-0.2, 0) is 10.5 Å². The van der Waals surface area contributed by atoms with Gasteiger partial charge < -0.3 is 9.84 Å². The van der Waals surface area contributed by atoms with Gasteiger partial charge in [-0.1, -0.05) is 28.9 Å². The average molecular weight is 311 g/mol. The number of hydrogen-bond donors (Lipinski definition) is 1. The van der Waals surface area contributed by atoms with Crippen LogP contribution in [0, 0.1) is 6.92 Å². The zero-order valence-corrected chi connectivity index (χ0v) is 12.8. The molecule has 0 aliphatic heterocycles. The van der Waals surface area contributed by atoms with E-state index in [1.54, 1.807) is 12.1 Å². The highest BCUT2D eigenvalue weighted by Gasteiger charge is 2.15.